The molecule has 0 saturated heterocycles. The molecule has 1 aromatic rings. The van der Waals surface area contributed by atoms with Crippen LogP contribution in [0.25, 0.3) is 0 Å². The second-order valence-corrected chi connectivity index (χ2v) is 3.57. The van der Waals surface area contributed by atoms with Gasteiger partial charge >= 0.3 is 0 Å². The molecule has 0 amide bonds. The number of rotatable bonds is 4. The van der Waals surface area contributed by atoms with E-state index in [0.717, 1.165) is 4.90 Å². The Bertz CT molecular complexity index is 339. The van der Waals surface area contributed by atoms with E-state index in [1.165, 1.54) is 0 Å². The first-order valence-electron chi connectivity index (χ1n) is 4.18. The standard InChI is InChI=1S/C10H13NO2S/c1-13-10-4-3-7(14-2)5-8(10)9(12)6-11/h3-5H,6,11H2,1-2H3. The van der Waals surface area contributed by atoms with Gasteiger partial charge in [0.05, 0.1) is 19.2 Å². The van der Waals surface area contributed by atoms with Crippen molar-refractivity contribution in [1.29, 1.82) is 0 Å². The van der Waals surface area contributed by atoms with Crippen LogP contribution in [0.15, 0.2) is 23.1 Å². The molecule has 1 aromatic carbocycles. The molecule has 0 aliphatic carbocycles. The highest BCUT2D eigenvalue weighted by Crippen LogP contribution is 2.24. The fraction of sp³-hybridized carbons (Fsp3) is 0.300. The third-order valence-corrected chi connectivity index (χ3v) is 2.62. The third-order valence-electron chi connectivity index (χ3n) is 1.89. The number of hydrogen-bond donors (Lipinski definition) is 1. The van der Waals surface area contributed by atoms with Gasteiger partial charge in [0.25, 0.3) is 0 Å². The van der Waals surface area contributed by atoms with Gasteiger partial charge in [0.1, 0.15) is 5.75 Å². The van der Waals surface area contributed by atoms with Crippen molar-refractivity contribution in [3.05, 3.63) is 23.8 Å². The molecule has 1 rings (SSSR count). The van der Waals surface area contributed by atoms with Crippen molar-refractivity contribution in [2.75, 3.05) is 19.9 Å². The van der Waals surface area contributed by atoms with E-state index < -0.39 is 0 Å². The van der Waals surface area contributed by atoms with E-state index in [1.807, 2.05) is 12.3 Å². The first-order valence-corrected chi connectivity index (χ1v) is 5.40. The van der Waals surface area contributed by atoms with Gasteiger partial charge < -0.3 is 10.5 Å². The molecule has 3 nitrogen and oxygen atoms in total. The van der Waals surface area contributed by atoms with Crippen LogP contribution in [-0.2, 0) is 0 Å². The molecule has 0 spiro atoms. The topological polar surface area (TPSA) is 52.3 Å². The van der Waals surface area contributed by atoms with Crippen molar-refractivity contribution < 1.29 is 9.53 Å². The Morgan fingerprint density at radius 3 is 2.79 bits per heavy atom. The average molecular weight is 211 g/mol. The van der Waals surface area contributed by atoms with Crippen molar-refractivity contribution >= 4 is 17.5 Å². The summed E-state index contributed by atoms with van der Waals surface area (Å²) in [5, 5.41) is 0. The molecule has 0 heterocycles. The molecule has 4 heteroatoms. The number of ketones is 1. The summed E-state index contributed by atoms with van der Waals surface area (Å²) in [6.07, 6.45) is 1.96. The number of benzene rings is 1. The molecule has 0 atom stereocenters. The number of nitrogens with two attached hydrogens (primary N) is 1. The zero-order chi connectivity index (χ0) is 10.6. The van der Waals surface area contributed by atoms with Crippen molar-refractivity contribution in [3.63, 3.8) is 0 Å². The van der Waals surface area contributed by atoms with E-state index in [2.05, 4.69) is 0 Å². The number of Topliss-reactive ketones (excluding diaryl/α,β-unsaturated/α-hetero) is 1. The molecule has 0 bridgehead atoms. The van der Waals surface area contributed by atoms with Gasteiger partial charge in [-0.15, -0.1) is 11.8 Å². The molecular formula is C10H13NO2S. The summed E-state index contributed by atoms with van der Waals surface area (Å²) in [7, 11) is 1.54. The maximum absolute atomic E-state index is 11.4. The Balaban J connectivity index is 3.14. The maximum atomic E-state index is 11.4. The molecule has 0 unspecified atom stereocenters. The Hall–Kier alpha value is -1.00. The van der Waals surface area contributed by atoms with Gasteiger partial charge in [-0.3, -0.25) is 4.79 Å². The smallest absolute Gasteiger partial charge is 0.180 e. The highest BCUT2D eigenvalue weighted by molar-refractivity contribution is 7.98. The van der Waals surface area contributed by atoms with Gasteiger partial charge in [-0.1, -0.05) is 0 Å². The summed E-state index contributed by atoms with van der Waals surface area (Å²) in [6, 6.07) is 5.50. The molecule has 0 radical (unpaired) electrons. The van der Waals surface area contributed by atoms with Gasteiger partial charge in [-0.05, 0) is 24.5 Å². The van der Waals surface area contributed by atoms with Crippen molar-refractivity contribution in [2.24, 2.45) is 5.73 Å². The second kappa shape index (κ2) is 5.02. The maximum Gasteiger partial charge on any atom is 0.180 e. The lowest BCUT2D eigenvalue weighted by molar-refractivity contribution is 0.0998. The number of carbonyl (C=O) groups excluding carboxylic acids is 1. The molecule has 76 valence electrons. The number of thioether (sulfide) groups is 1. The minimum atomic E-state index is -0.0993. The SMILES string of the molecule is COc1ccc(SC)cc1C(=O)CN. The summed E-state index contributed by atoms with van der Waals surface area (Å²) in [6.45, 7) is 0.00813. The Labute approximate surface area is 87.6 Å². The first-order chi connectivity index (χ1) is 6.72. The summed E-state index contributed by atoms with van der Waals surface area (Å²) in [4.78, 5) is 12.5. The van der Waals surface area contributed by atoms with Crippen LogP contribution in [0.5, 0.6) is 5.75 Å². The second-order valence-electron chi connectivity index (χ2n) is 2.69. The van der Waals surface area contributed by atoms with E-state index in [0.29, 0.717) is 11.3 Å². The molecular weight excluding hydrogens is 198 g/mol. The van der Waals surface area contributed by atoms with Gasteiger partial charge in [-0.2, -0.15) is 0 Å². The van der Waals surface area contributed by atoms with Crippen LogP contribution >= 0.6 is 11.8 Å². The third kappa shape index (κ3) is 2.27. The van der Waals surface area contributed by atoms with Gasteiger partial charge in [-0.25, -0.2) is 0 Å². The van der Waals surface area contributed by atoms with Crippen molar-refractivity contribution in [2.45, 2.75) is 4.90 Å². The molecule has 0 aliphatic heterocycles. The molecule has 2 N–H and O–H groups in total. The van der Waals surface area contributed by atoms with Gasteiger partial charge in [0.2, 0.25) is 0 Å². The van der Waals surface area contributed by atoms with E-state index in [-0.39, 0.29) is 12.3 Å². The van der Waals surface area contributed by atoms with Crippen LogP contribution in [0, 0.1) is 0 Å². The van der Waals surface area contributed by atoms with Crippen LogP contribution in [0.3, 0.4) is 0 Å². The predicted molar refractivity (Wildman–Crippen MR) is 58.2 cm³/mol. The summed E-state index contributed by atoms with van der Waals surface area (Å²) in [5.41, 5.74) is 5.86. The van der Waals surface area contributed by atoms with Crippen LogP contribution < -0.4 is 10.5 Å². The Morgan fingerprint density at radius 1 is 1.57 bits per heavy atom. The summed E-state index contributed by atoms with van der Waals surface area (Å²) in [5.74, 6) is 0.482. The lowest BCUT2D eigenvalue weighted by Gasteiger charge is -2.07. The zero-order valence-corrected chi connectivity index (χ0v) is 9.06. The molecule has 14 heavy (non-hydrogen) atoms. The molecule has 0 aromatic heterocycles. The monoisotopic (exact) mass is 211 g/mol. The number of hydrogen-bond acceptors (Lipinski definition) is 4. The van der Waals surface area contributed by atoms with Crippen molar-refractivity contribution in [3.8, 4) is 5.75 Å². The predicted octanol–water partition coefficient (Wildman–Crippen LogP) is 1.56. The molecule has 0 aliphatic rings. The van der Waals surface area contributed by atoms with Crippen molar-refractivity contribution in [1.82, 2.24) is 0 Å². The minimum absolute atomic E-state index is 0.00813. The first kappa shape index (κ1) is 11.1. The highest BCUT2D eigenvalue weighted by Gasteiger charge is 2.10. The zero-order valence-electron chi connectivity index (χ0n) is 8.24. The van der Waals surface area contributed by atoms with E-state index in [4.69, 9.17) is 10.5 Å². The fourth-order valence-electron chi connectivity index (χ4n) is 1.14. The molecule has 0 saturated carbocycles. The van der Waals surface area contributed by atoms with Crippen LogP contribution in [0.1, 0.15) is 10.4 Å². The van der Waals surface area contributed by atoms with Crippen LogP contribution in [0.4, 0.5) is 0 Å². The number of ether oxygens (including phenoxy) is 1. The molecule has 0 fully saturated rings. The minimum Gasteiger partial charge on any atom is -0.496 e. The Kier molecular flexibility index (Phi) is 3.98. The summed E-state index contributed by atoms with van der Waals surface area (Å²) >= 11 is 1.58. The van der Waals surface area contributed by atoms with E-state index >= 15 is 0 Å². The van der Waals surface area contributed by atoms with Crippen LogP contribution in [-0.4, -0.2) is 25.7 Å². The lowest BCUT2D eigenvalue weighted by atomic mass is 10.1. The van der Waals surface area contributed by atoms with E-state index in [9.17, 15) is 4.79 Å². The number of methoxy groups -OCH3 is 1. The Morgan fingerprint density at radius 2 is 2.29 bits per heavy atom. The fourth-order valence-corrected chi connectivity index (χ4v) is 1.58. The highest BCUT2D eigenvalue weighted by atomic mass is 32.2. The van der Waals surface area contributed by atoms with E-state index in [1.54, 1.807) is 31.0 Å². The lowest BCUT2D eigenvalue weighted by Crippen LogP contribution is -2.14. The van der Waals surface area contributed by atoms with Gasteiger partial charge in [0.15, 0.2) is 5.78 Å². The largest absolute Gasteiger partial charge is 0.496 e. The average Bonchev–Trinajstić information content (AvgIpc) is 2.27. The number of carbonyl (C=O) groups is 1. The van der Waals surface area contributed by atoms with Gasteiger partial charge in [0, 0.05) is 4.90 Å². The summed E-state index contributed by atoms with van der Waals surface area (Å²) < 4.78 is 5.08. The quantitative estimate of drug-likeness (QED) is 0.606. The van der Waals surface area contributed by atoms with Crippen LogP contribution in [0.2, 0.25) is 0 Å². The normalized spacial score (nSPS) is 9.93.